The Morgan fingerprint density at radius 1 is 1.30 bits per heavy atom. The molecule has 6 heteroatoms. The maximum Gasteiger partial charge on any atom is 0.441 e. The number of nitriles is 1. The molecular formula is C14H15F3N2S. The van der Waals surface area contributed by atoms with Crippen LogP contribution in [0, 0.1) is 11.3 Å². The fourth-order valence-corrected chi connectivity index (χ4v) is 2.96. The van der Waals surface area contributed by atoms with Crippen LogP contribution < -0.4 is 5.32 Å². The Balaban J connectivity index is 1.77. The summed E-state index contributed by atoms with van der Waals surface area (Å²) in [6.07, 6.45) is 1.31. The molecule has 2 rings (SSSR count). The van der Waals surface area contributed by atoms with Crippen molar-refractivity contribution in [3.05, 3.63) is 35.9 Å². The lowest BCUT2D eigenvalue weighted by atomic mass is 9.62. The van der Waals surface area contributed by atoms with E-state index < -0.39 is 10.9 Å². The molecule has 1 fully saturated rings. The molecule has 0 aromatic heterocycles. The van der Waals surface area contributed by atoms with Crippen LogP contribution in [0.15, 0.2) is 30.3 Å². The van der Waals surface area contributed by atoms with Crippen LogP contribution in [0.5, 0.6) is 0 Å². The van der Waals surface area contributed by atoms with E-state index in [1.54, 1.807) is 0 Å². The fraction of sp³-hybridized carbons (Fsp3) is 0.500. The van der Waals surface area contributed by atoms with Crippen LogP contribution in [0.25, 0.3) is 0 Å². The molecule has 1 aliphatic carbocycles. The first-order valence-corrected chi connectivity index (χ1v) is 7.35. The highest BCUT2D eigenvalue weighted by molar-refractivity contribution is 8.00. The molecule has 1 aliphatic rings. The fourth-order valence-electron chi connectivity index (χ4n) is 2.50. The maximum absolute atomic E-state index is 12.0. The molecule has 0 bridgehead atoms. The van der Waals surface area contributed by atoms with E-state index in [0.29, 0.717) is 19.4 Å². The van der Waals surface area contributed by atoms with E-state index in [-0.39, 0.29) is 23.6 Å². The Hall–Kier alpha value is -1.19. The minimum atomic E-state index is -4.16. The van der Waals surface area contributed by atoms with Crippen molar-refractivity contribution in [2.24, 2.45) is 0 Å². The molecule has 0 saturated heterocycles. The third-order valence-corrected chi connectivity index (χ3v) is 4.27. The Morgan fingerprint density at radius 3 is 2.50 bits per heavy atom. The molecule has 108 valence electrons. The van der Waals surface area contributed by atoms with Gasteiger partial charge in [-0.15, -0.1) is 0 Å². The highest BCUT2D eigenvalue weighted by Gasteiger charge is 2.45. The summed E-state index contributed by atoms with van der Waals surface area (Å²) in [7, 11) is 0. The van der Waals surface area contributed by atoms with Gasteiger partial charge in [0.2, 0.25) is 0 Å². The van der Waals surface area contributed by atoms with Crippen molar-refractivity contribution < 1.29 is 13.2 Å². The summed E-state index contributed by atoms with van der Waals surface area (Å²) in [4.78, 5) is 0. The predicted molar refractivity (Wildman–Crippen MR) is 73.3 cm³/mol. The van der Waals surface area contributed by atoms with Crippen LogP contribution in [-0.4, -0.2) is 23.8 Å². The summed E-state index contributed by atoms with van der Waals surface area (Å²) < 4.78 is 35.9. The Bertz CT molecular complexity index is 475. The molecule has 20 heavy (non-hydrogen) atoms. The van der Waals surface area contributed by atoms with Gasteiger partial charge in [0.1, 0.15) is 0 Å². The number of benzene rings is 1. The lowest BCUT2D eigenvalue weighted by Crippen LogP contribution is -2.51. The summed E-state index contributed by atoms with van der Waals surface area (Å²) in [5.74, 6) is 0.00485. The zero-order valence-corrected chi connectivity index (χ0v) is 11.6. The Kier molecular flexibility index (Phi) is 4.61. The molecule has 0 spiro atoms. The largest absolute Gasteiger partial charge is 0.441 e. The second-order valence-corrected chi connectivity index (χ2v) is 6.07. The summed E-state index contributed by atoms with van der Waals surface area (Å²) in [5, 5.41) is 12.4. The van der Waals surface area contributed by atoms with Crippen molar-refractivity contribution in [2.75, 3.05) is 12.3 Å². The molecule has 0 amide bonds. The Labute approximate surface area is 120 Å². The topological polar surface area (TPSA) is 35.8 Å². The smallest absolute Gasteiger partial charge is 0.313 e. The molecule has 1 aromatic carbocycles. The van der Waals surface area contributed by atoms with E-state index in [1.165, 1.54) is 0 Å². The van der Waals surface area contributed by atoms with E-state index in [4.69, 9.17) is 0 Å². The zero-order chi connectivity index (χ0) is 14.6. The van der Waals surface area contributed by atoms with Crippen molar-refractivity contribution in [1.82, 2.24) is 5.32 Å². The van der Waals surface area contributed by atoms with Crippen molar-refractivity contribution in [3.8, 4) is 6.07 Å². The predicted octanol–water partition coefficient (Wildman–Crippen LogP) is 3.45. The summed E-state index contributed by atoms with van der Waals surface area (Å²) >= 11 is -0.0153. The van der Waals surface area contributed by atoms with Gasteiger partial charge in [-0.1, -0.05) is 30.3 Å². The number of thioether (sulfide) groups is 1. The van der Waals surface area contributed by atoms with Crippen LogP contribution >= 0.6 is 11.8 Å². The summed E-state index contributed by atoms with van der Waals surface area (Å²) in [6.45, 7) is 0.311. The average molecular weight is 300 g/mol. The van der Waals surface area contributed by atoms with Gasteiger partial charge >= 0.3 is 5.51 Å². The molecule has 0 aliphatic heterocycles. The number of hydrogen-bond donors (Lipinski definition) is 1. The van der Waals surface area contributed by atoms with Gasteiger partial charge < -0.3 is 5.32 Å². The number of halogens is 3. The third kappa shape index (κ3) is 3.68. The first-order valence-electron chi connectivity index (χ1n) is 6.36. The molecule has 0 heterocycles. The van der Waals surface area contributed by atoms with Gasteiger partial charge in [-0.2, -0.15) is 18.4 Å². The monoisotopic (exact) mass is 300 g/mol. The van der Waals surface area contributed by atoms with E-state index in [9.17, 15) is 18.4 Å². The molecule has 0 atom stereocenters. The van der Waals surface area contributed by atoms with E-state index in [2.05, 4.69) is 11.4 Å². The van der Waals surface area contributed by atoms with E-state index >= 15 is 0 Å². The minimum Gasteiger partial charge on any atom is -0.313 e. The van der Waals surface area contributed by atoms with Crippen molar-refractivity contribution >= 4 is 11.8 Å². The van der Waals surface area contributed by atoms with Gasteiger partial charge in [0.15, 0.2) is 0 Å². The molecule has 2 nitrogen and oxygen atoms in total. The standard InChI is InChI=1S/C14H15F3N2S/c15-14(16,17)20-7-6-19-12-8-13(9-12,10-18)11-4-2-1-3-5-11/h1-5,12,19H,6-9H2. The third-order valence-electron chi connectivity index (χ3n) is 3.53. The second kappa shape index (κ2) is 6.06. The lowest BCUT2D eigenvalue weighted by Gasteiger charge is -2.43. The molecular weight excluding hydrogens is 285 g/mol. The van der Waals surface area contributed by atoms with Crippen LogP contribution in [0.3, 0.4) is 0 Å². The van der Waals surface area contributed by atoms with Crippen molar-refractivity contribution in [3.63, 3.8) is 0 Å². The highest BCUT2D eigenvalue weighted by Crippen LogP contribution is 2.43. The van der Waals surface area contributed by atoms with Crippen molar-refractivity contribution in [2.45, 2.75) is 29.8 Å². The van der Waals surface area contributed by atoms with Crippen LogP contribution in [0.1, 0.15) is 18.4 Å². The number of nitrogens with zero attached hydrogens (tertiary/aromatic N) is 1. The van der Waals surface area contributed by atoms with Crippen molar-refractivity contribution in [1.29, 1.82) is 5.26 Å². The van der Waals surface area contributed by atoms with Crippen LogP contribution in [-0.2, 0) is 5.41 Å². The number of rotatable bonds is 5. The number of alkyl halides is 3. The molecule has 1 aromatic rings. The van der Waals surface area contributed by atoms with Gasteiger partial charge in [-0.3, -0.25) is 0 Å². The highest BCUT2D eigenvalue weighted by atomic mass is 32.2. The Morgan fingerprint density at radius 2 is 1.95 bits per heavy atom. The summed E-state index contributed by atoms with van der Waals surface area (Å²) in [5.41, 5.74) is -3.65. The maximum atomic E-state index is 12.0. The van der Waals surface area contributed by atoms with Crippen LogP contribution in [0.4, 0.5) is 13.2 Å². The molecule has 1 N–H and O–H groups in total. The molecule has 0 unspecified atom stereocenters. The van der Waals surface area contributed by atoms with Gasteiger partial charge in [-0.05, 0) is 30.2 Å². The van der Waals surface area contributed by atoms with Crippen LogP contribution in [0.2, 0.25) is 0 Å². The van der Waals surface area contributed by atoms with Gasteiger partial charge in [0.25, 0.3) is 0 Å². The first-order chi connectivity index (χ1) is 9.45. The zero-order valence-electron chi connectivity index (χ0n) is 10.8. The van der Waals surface area contributed by atoms with E-state index in [0.717, 1.165) is 5.56 Å². The van der Waals surface area contributed by atoms with E-state index in [1.807, 2.05) is 30.3 Å². The van der Waals surface area contributed by atoms with Gasteiger partial charge in [0, 0.05) is 18.3 Å². The normalized spacial score (nSPS) is 25.8. The quantitative estimate of drug-likeness (QED) is 0.846. The average Bonchev–Trinajstić information content (AvgIpc) is 2.37. The first kappa shape index (κ1) is 15.2. The molecule has 1 saturated carbocycles. The molecule has 0 radical (unpaired) electrons. The number of hydrogen-bond acceptors (Lipinski definition) is 3. The number of nitrogens with one attached hydrogen (secondary N) is 1. The SMILES string of the molecule is N#CC1(c2ccccc2)CC(NCCSC(F)(F)F)C1. The van der Waals surface area contributed by atoms with Gasteiger partial charge in [-0.25, -0.2) is 0 Å². The minimum absolute atomic E-state index is 0.00485. The second-order valence-electron chi connectivity index (χ2n) is 4.91. The lowest BCUT2D eigenvalue weighted by molar-refractivity contribution is -0.0327. The van der Waals surface area contributed by atoms with Gasteiger partial charge in [0.05, 0.1) is 11.5 Å². The summed E-state index contributed by atoms with van der Waals surface area (Å²) in [6, 6.07) is 12.0.